The van der Waals surface area contributed by atoms with Gasteiger partial charge in [0.2, 0.25) is 0 Å². The number of nitrogens with one attached hydrogen (secondary N) is 1. The van der Waals surface area contributed by atoms with E-state index < -0.39 is 0 Å². The number of carbonyl (C=O) groups excluding carboxylic acids is 1. The van der Waals surface area contributed by atoms with Crippen molar-refractivity contribution in [1.29, 1.82) is 0 Å². The van der Waals surface area contributed by atoms with Crippen molar-refractivity contribution in [2.75, 3.05) is 13.2 Å². The summed E-state index contributed by atoms with van der Waals surface area (Å²) in [4.78, 5) is 14.2. The number of carbonyl (C=O) groups is 1. The van der Waals surface area contributed by atoms with Crippen LogP contribution < -0.4 is 5.32 Å². The fourth-order valence-corrected chi connectivity index (χ4v) is 3.37. The molecule has 6 heteroatoms. The number of rotatable bonds is 3. The second kappa shape index (κ2) is 6.64. The van der Waals surface area contributed by atoms with Crippen molar-refractivity contribution in [2.45, 2.75) is 19.0 Å². The van der Waals surface area contributed by atoms with Crippen LogP contribution in [-0.2, 0) is 20.0 Å². The molecule has 5 nitrogen and oxygen atoms in total. The minimum absolute atomic E-state index is 0.0829. The molecule has 122 valence electrons. The summed E-state index contributed by atoms with van der Waals surface area (Å²) < 4.78 is 1.89. The molecule has 2 amide bonds. The van der Waals surface area contributed by atoms with Crippen molar-refractivity contribution in [3.8, 4) is 0 Å². The molecule has 0 fully saturated rings. The maximum absolute atomic E-state index is 12.5. The Bertz CT molecular complexity index is 714. The predicted molar refractivity (Wildman–Crippen MR) is 89.3 cm³/mol. The zero-order valence-electron chi connectivity index (χ0n) is 13.0. The minimum Gasteiger partial charge on any atom is -0.394 e. The fourth-order valence-electron chi connectivity index (χ4n) is 3.10. The van der Waals surface area contributed by atoms with E-state index in [1.54, 1.807) is 11.1 Å². The van der Waals surface area contributed by atoms with Gasteiger partial charge in [-0.3, -0.25) is 0 Å². The summed E-state index contributed by atoms with van der Waals surface area (Å²) >= 11 is 5.95. The highest BCUT2D eigenvalue weighted by molar-refractivity contribution is 6.30. The third-order valence-corrected chi connectivity index (χ3v) is 4.55. The van der Waals surface area contributed by atoms with Gasteiger partial charge in [0, 0.05) is 25.5 Å². The number of halogens is 1. The Morgan fingerprint density at radius 1 is 1.43 bits per heavy atom. The van der Waals surface area contributed by atoms with Crippen molar-refractivity contribution in [2.24, 2.45) is 7.05 Å². The SMILES string of the molecule is Cn1cc(Cl)cc1CNC(=O)N1CCc2ccccc2C1CO. The molecule has 1 aliphatic rings. The third kappa shape index (κ3) is 3.21. The number of urea groups is 1. The molecule has 3 rings (SSSR count). The number of amides is 2. The van der Waals surface area contributed by atoms with Crippen LogP contribution in [-0.4, -0.2) is 33.8 Å². The summed E-state index contributed by atoms with van der Waals surface area (Å²) in [6.45, 7) is 0.917. The van der Waals surface area contributed by atoms with E-state index in [4.69, 9.17) is 11.6 Å². The number of nitrogens with zero attached hydrogens (tertiary/aromatic N) is 2. The predicted octanol–water partition coefficient (Wildman–Crippen LogP) is 2.48. The summed E-state index contributed by atoms with van der Waals surface area (Å²) in [6.07, 6.45) is 2.60. The first-order valence-corrected chi connectivity index (χ1v) is 8.02. The molecule has 0 saturated carbocycles. The van der Waals surface area contributed by atoms with Gasteiger partial charge in [0.1, 0.15) is 0 Å². The quantitative estimate of drug-likeness (QED) is 0.906. The molecule has 0 saturated heterocycles. The second-order valence-corrected chi connectivity index (χ2v) is 6.20. The van der Waals surface area contributed by atoms with Gasteiger partial charge in [-0.2, -0.15) is 0 Å². The van der Waals surface area contributed by atoms with Crippen LogP contribution in [0.1, 0.15) is 22.9 Å². The lowest BCUT2D eigenvalue weighted by molar-refractivity contribution is 0.126. The maximum Gasteiger partial charge on any atom is 0.318 e. The molecule has 1 aromatic carbocycles. The van der Waals surface area contributed by atoms with Gasteiger partial charge in [0.25, 0.3) is 0 Å². The molecule has 1 atom stereocenters. The highest BCUT2D eigenvalue weighted by Gasteiger charge is 2.29. The monoisotopic (exact) mass is 333 g/mol. The lowest BCUT2D eigenvalue weighted by Crippen LogP contribution is -2.46. The zero-order chi connectivity index (χ0) is 16.4. The van der Waals surface area contributed by atoms with Crippen molar-refractivity contribution in [3.05, 3.63) is 58.4 Å². The Morgan fingerprint density at radius 2 is 2.22 bits per heavy atom. The van der Waals surface area contributed by atoms with Crippen molar-refractivity contribution in [1.82, 2.24) is 14.8 Å². The van der Waals surface area contributed by atoms with E-state index in [9.17, 15) is 9.90 Å². The molecule has 1 aromatic heterocycles. The van der Waals surface area contributed by atoms with E-state index in [0.717, 1.165) is 17.7 Å². The van der Waals surface area contributed by atoms with Gasteiger partial charge < -0.3 is 19.9 Å². The summed E-state index contributed by atoms with van der Waals surface area (Å²) in [5, 5.41) is 13.3. The van der Waals surface area contributed by atoms with Gasteiger partial charge in [0.15, 0.2) is 0 Å². The van der Waals surface area contributed by atoms with Crippen LogP contribution in [0, 0.1) is 0 Å². The number of aliphatic hydroxyl groups excluding tert-OH is 1. The largest absolute Gasteiger partial charge is 0.394 e. The van der Waals surface area contributed by atoms with E-state index in [0.29, 0.717) is 18.1 Å². The smallest absolute Gasteiger partial charge is 0.318 e. The van der Waals surface area contributed by atoms with Crippen molar-refractivity contribution in [3.63, 3.8) is 0 Å². The summed E-state index contributed by atoms with van der Waals surface area (Å²) in [5.74, 6) is 0. The molecular formula is C17H20ClN3O2. The van der Waals surface area contributed by atoms with E-state index >= 15 is 0 Å². The molecule has 1 aliphatic heterocycles. The van der Waals surface area contributed by atoms with E-state index in [2.05, 4.69) is 11.4 Å². The number of aliphatic hydroxyl groups is 1. The Balaban J connectivity index is 1.71. The summed E-state index contributed by atoms with van der Waals surface area (Å²) in [7, 11) is 1.89. The Hall–Kier alpha value is -1.98. The molecule has 0 radical (unpaired) electrons. The lowest BCUT2D eigenvalue weighted by Gasteiger charge is -2.36. The Labute approximate surface area is 140 Å². The first-order chi connectivity index (χ1) is 11.1. The topological polar surface area (TPSA) is 57.5 Å². The Morgan fingerprint density at radius 3 is 2.91 bits per heavy atom. The zero-order valence-corrected chi connectivity index (χ0v) is 13.8. The average molecular weight is 334 g/mol. The number of aryl methyl sites for hydroxylation is 1. The van der Waals surface area contributed by atoms with E-state index in [1.807, 2.05) is 35.9 Å². The van der Waals surface area contributed by atoms with Crippen LogP contribution in [0.15, 0.2) is 36.5 Å². The maximum atomic E-state index is 12.5. The molecule has 0 bridgehead atoms. The number of aromatic nitrogens is 1. The highest BCUT2D eigenvalue weighted by Crippen LogP contribution is 2.29. The van der Waals surface area contributed by atoms with Crippen LogP contribution >= 0.6 is 11.6 Å². The molecule has 1 unspecified atom stereocenters. The number of hydrogen-bond acceptors (Lipinski definition) is 2. The molecular weight excluding hydrogens is 314 g/mol. The van der Waals surface area contributed by atoms with Gasteiger partial charge in [-0.15, -0.1) is 0 Å². The lowest BCUT2D eigenvalue weighted by atomic mass is 9.93. The van der Waals surface area contributed by atoms with Crippen LogP contribution in [0.2, 0.25) is 5.02 Å². The van der Waals surface area contributed by atoms with Crippen LogP contribution in [0.3, 0.4) is 0 Å². The highest BCUT2D eigenvalue weighted by atomic mass is 35.5. The molecule has 0 aliphatic carbocycles. The fraction of sp³-hybridized carbons (Fsp3) is 0.353. The molecule has 0 spiro atoms. The van der Waals surface area contributed by atoms with Gasteiger partial charge in [-0.05, 0) is 23.6 Å². The van der Waals surface area contributed by atoms with Crippen LogP contribution in [0.4, 0.5) is 4.79 Å². The van der Waals surface area contributed by atoms with E-state index in [1.165, 1.54) is 5.56 Å². The molecule has 2 heterocycles. The normalized spacial score (nSPS) is 17.0. The van der Waals surface area contributed by atoms with Gasteiger partial charge in [-0.1, -0.05) is 35.9 Å². The van der Waals surface area contributed by atoms with Crippen molar-refractivity contribution >= 4 is 17.6 Å². The first kappa shape index (κ1) is 15.9. The van der Waals surface area contributed by atoms with E-state index in [-0.39, 0.29) is 18.7 Å². The number of fused-ring (bicyclic) bond motifs is 1. The summed E-state index contributed by atoms with van der Waals surface area (Å²) in [5.41, 5.74) is 3.16. The van der Waals surface area contributed by atoms with Gasteiger partial charge in [-0.25, -0.2) is 4.79 Å². The molecule has 23 heavy (non-hydrogen) atoms. The number of hydrogen-bond donors (Lipinski definition) is 2. The Kier molecular flexibility index (Phi) is 4.59. The second-order valence-electron chi connectivity index (χ2n) is 5.76. The van der Waals surface area contributed by atoms with Crippen LogP contribution in [0.25, 0.3) is 0 Å². The van der Waals surface area contributed by atoms with Gasteiger partial charge >= 0.3 is 6.03 Å². The number of benzene rings is 1. The average Bonchev–Trinajstić information content (AvgIpc) is 2.89. The summed E-state index contributed by atoms with van der Waals surface area (Å²) in [6, 6.07) is 9.33. The van der Waals surface area contributed by atoms with Crippen LogP contribution in [0.5, 0.6) is 0 Å². The standard InChI is InChI=1S/C17H20ClN3O2/c1-20-10-13(18)8-14(20)9-19-17(23)21-7-6-12-4-2-3-5-15(12)16(21)11-22/h2-5,8,10,16,22H,6-7,9,11H2,1H3,(H,19,23). The van der Waals surface area contributed by atoms with Crippen molar-refractivity contribution < 1.29 is 9.90 Å². The first-order valence-electron chi connectivity index (χ1n) is 7.64. The minimum atomic E-state index is -0.294. The molecule has 2 N–H and O–H groups in total. The molecule has 2 aromatic rings. The van der Waals surface area contributed by atoms with Gasteiger partial charge in [0.05, 0.1) is 24.2 Å². The third-order valence-electron chi connectivity index (χ3n) is 4.34.